The lowest BCUT2D eigenvalue weighted by molar-refractivity contribution is 0.245. The fourth-order valence-corrected chi connectivity index (χ4v) is 5.19. The molecule has 3 aromatic carbocycles. The van der Waals surface area contributed by atoms with Crippen LogP contribution in [0.3, 0.4) is 0 Å². The number of anilines is 1. The number of hydrogen-bond donors (Lipinski definition) is 1. The van der Waals surface area contributed by atoms with Gasteiger partial charge in [-0.1, -0.05) is 24.3 Å². The summed E-state index contributed by atoms with van der Waals surface area (Å²) in [6, 6.07) is 22.3. The predicted octanol–water partition coefficient (Wildman–Crippen LogP) is 5.39. The summed E-state index contributed by atoms with van der Waals surface area (Å²) in [7, 11) is 0. The van der Waals surface area contributed by atoms with Crippen LogP contribution >= 0.6 is 11.3 Å². The number of thiazole rings is 1. The van der Waals surface area contributed by atoms with Gasteiger partial charge in [0.2, 0.25) is 0 Å². The van der Waals surface area contributed by atoms with Gasteiger partial charge >= 0.3 is 0 Å². The van der Waals surface area contributed by atoms with Crippen molar-refractivity contribution in [3.8, 4) is 22.1 Å². The van der Waals surface area contributed by atoms with Gasteiger partial charge in [0.1, 0.15) is 16.5 Å². The van der Waals surface area contributed by atoms with Crippen LogP contribution in [0.5, 0.6) is 11.5 Å². The molecule has 0 unspecified atom stereocenters. The van der Waals surface area contributed by atoms with Crippen LogP contribution in [0.15, 0.2) is 66.7 Å². The van der Waals surface area contributed by atoms with Crippen LogP contribution in [0.1, 0.15) is 12.5 Å². The van der Waals surface area contributed by atoms with E-state index in [2.05, 4.69) is 34.1 Å². The summed E-state index contributed by atoms with van der Waals surface area (Å²) in [6.07, 6.45) is 0. The molecule has 1 saturated heterocycles. The second kappa shape index (κ2) is 9.18. The van der Waals surface area contributed by atoms with Crippen molar-refractivity contribution in [1.82, 2.24) is 9.88 Å². The normalized spacial score (nSPS) is 14.7. The number of para-hydroxylation sites is 3. The SMILES string of the molecule is CCOc1ccccc1N1CCN(Cc2cc(-c3nc4ccccc4s3)ccc2O)CC1. The number of aromatic hydroxyl groups is 1. The zero-order chi connectivity index (χ0) is 21.9. The van der Waals surface area contributed by atoms with E-state index in [1.54, 1.807) is 17.4 Å². The lowest BCUT2D eigenvalue weighted by Crippen LogP contribution is -2.46. The molecule has 1 N–H and O–H groups in total. The maximum atomic E-state index is 10.5. The molecule has 5 nitrogen and oxygen atoms in total. The first kappa shape index (κ1) is 20.8. The zero-order valence-electron chi connectivity index (χ0n) is 18.2. The van der Waals surface area contributed by atoms with Crippen LogP contribution < -0.4 is 9.64 Å². The van der Waals surface area contributed by atoms with Gasteiger partial charge in [0.25, 0.3) is 0 Å². The lowest BCUT2D eigenvalue weighted by atomic mass is 10.1. The molecular weight excluding hydrogens is 418 g/mol. The maximum Gasteiger partial charge on any atom is 0.142 e. The van der Waals surface area contributed by atoms with Crippen molar-refractivity contribution < 1.29 is 9.84 Å². The maximum absolute atomic E-state index is 10.5. The van der Waals surface area contributed by atoms with Gasteiger partial charge in [-0.05, 0) is 49.4 Å². The van der Waals surface area contributed by atoms with Crippen molar-refractivity contribution in [3.63, 3.8) is 0 Å². The number of nitrogens with zero attached hydrogens (tertiary/aromatic N) is 3. The summed E-state index contributed by atoms with van der Waals surface area (Å²) in [6.45, 7) is 7.15. The fourth-order valence-electron chi connectivity index (χ4n) is 4.22. The van der Waals surface area contributed by atoms with Crippen LogP contribution in [0.2, 0.25) is 0 Å². The Hall–Kier alpha value is -3.09. The Bertz CT molecular complexity index is 1180. The summed E-state index contributed by atoms with van der Waals surface area (Å²) < 4.78 is 6.99. The largest absolute Gasteiger partial charge is 0.508 e. The molecule has 0 spiro atoms. The van der Waals surface area contributed by atoms with E-state index >= 15 is 0 Å². The minimum Gasteiger partial charge on any atom is -0.508 e. The molecule has 0 atom stereocenters. The molecule has 1 aliphatic heterocycles. The summed E-state index contributed by atoms with van der Waals surface area (Å²) in [5, 5.41) is 11.5. The first-order chi connectivity index (χ1) is 15.7. The quantitative estimate of drug-likeness (QED) is 0.431. The van der Waals surface area contributed by atoms with Gasteiger partial charge in [-0.3, -0.25) is 4.90 Å². The molecule has 0 aliphatic carbocycles. The van der Waals surface area contributed by atoms with Crippen LogP contribution in [-0.4, -0.2) is 47.8 Å². The van der Waals surface area contributed by atoms with E-state index in [-0.39, 0.29) is 0 Å². The average molecular weight is 446 g/mol. The Morgan fingerprint density at radius 2 is 1.75 bits per heavy atom. The van der Waals surface area contributed by atoms with Crippen molar-refractivity contribution in [2.45, 2.75) is 13.5 Å². The number of aromatic nitrogens is 1. The van der Waals surface area contributed by atoms with E-state index in [1.165, 1.54) is 4.70 Å². The first-order valence-electron chi connectivity index (χ1n) is 11.1. The number of fused-ring (bicyclic) bond motifs is 1. The van der Waals surface area contributed by atoms with Gasteiger partial charge < -0.3 is 14.7 Å². The Balaban J connectivity index is 1.29. The molecule has 2 heterocycles. The van der Waals surface area contributed by atoms with E-state index in [4.69, 9.17) is 9.72 Å². The zero-order valence-corrected chi connectivity index (χ0v) is 19.0. The molecule has 0 bridgehead atoms. The number of benzene rings is 3. The standard InChI is InChI=1S/C26H27N3O2S/c1-2-31-24-9-5-4-8-22(24)29-15-13-28(14-16-29)18-20-17-19(11-12-23(20)30)26-27-21-7-3-6-10-25(21)32-26/h3-12,17,30H,2,13-16,18H2,1H3. The molecule has 4 aromatic rings. The summed E-state index contributed by atoms with van der Waals surface area (Å²) in [5.41, 5.74) is 4.19. The minimum absolute atomic E-state index is 0.346. The molecule has 1 aromatic heterocycles. The predicted molar refractivity (Wildman–Crippen MR) is 132 cm³/mol. The number of phenols is 1. The molecular formula is C26H27N3O2S. The summed E-state index contributed by atoms with van der Waals surface area (Å²) in [4.78, 5) is 9.56. The van der Waals surface area contributed by atoms with E-state index in [1.807, 2.05) is 43.3 Å². The molecule has 32 heavy (non-hydrogen) atoms. The van der Waals surface area contributed by atoms with E-state index in [0.717, 1.165) is 65.8 Å². The van der Waals surface area contributed by atoms with Gasteiger partial charge in [-0.25, -0.2) is 4.98 Å². The topological polar surface area (TPSA) is 48.8 Å². The lowest BCUT2D eigenvalue weighted by Gasteiger charge is -2.36. The number of phenolic OH excluding ortho intramolecular Hbond substituents is 1. The number of hydrogen-bond acceptors (Lipinski definition) is 6. The third kappa shape index (κ3) is 4.29. The van der Waals surface area contributed by atoms with Gasteiger partial charge in [-0.2, -0.15) is 0 Å². The molecule has 0 radical (unpaired) electrons. The van der Waals surface area contributed by atoms with Gasteiger partial charge in [-0.15, -0.1) is 11.3 Å². The molecule has 164 valence electrons. The summed E-state index contributed by atoms with van der Waals surface area (Å²) >= 11 is 1.69. The van der Waals surface area contributed by atoms with Crippen molar-refractivity contribution in [2.75, 3.05) is 37.7 Å². The Morgan fingerprint density at radius 3 is 2.56 bits per heavy atom. The Morgan fingerprint density at radius 1 is 0.969 bits per heavy atom. The average Bonchev–Trinajstić information content (AvgIpc) is 3.26. The van der Waals surface area contributed by atoms with Crippen LogP contribution in [0, 0.1) is 0 Å². The Kier molecular flexibility index (Phi) is 5.97. The van der Waals surface area contributed by atoms with Crippen LogP contribution in [0.25, 0.3) is 20.8 Å². The van der Waals surface area contributed by atoms with Crippen molar-refractivity contribution in [3.05, 3.63) is 72.3 Å². The molecule has 5 rings (SSSR count). The number of ether oxygens (including phenoxy) is 1. The number of piperazine rings is 1. The van der Waals surface area contributed by atoms with E-state index < -0.39 is 0 Å². The van der Waals surface area contributed by atoms with Crippen LogP contribution in [-0.2, 0) is 6.54 Å². The molecule has 1 fully saturated rings. The van der Waals surface area contributed by atoms with Crippen molar-refractivity contribution in [2.24, 2.45) is 0 Å². The highest BCUT2D eigenvalue weighted by Gasteiger charge is 2.21. The molecule has 0 saturated carbocycles. The first-order valence-corrected chi connectivity index (χ1v) is 11.9. The molecule has 1 aliphatic rings. The van der Waals surface area contributed by atoms with Gasteiger partial charge in [0, 0.05) is 43.9 Å². The van der Waals surface area contributed by atoms with E-state index in [0.29, 0.717) is 12.4 Å². The monoisotopic (exact) mass is 445 g/mol. The minimum atomic E-state index is 0.346. The van der Waals surface area contributed by atoms with Crippen molar-refractivity contribution in [1.29, 1.82) is 0 Å². The smallest absolute Gasteiger partial charge is 0.142 e. The Labute approximate surface area is 192 Å². The third-order valence-electron chi connectivity index (χ3n) is 5.89. The number of rotatable bonds is 6. The van der Waals surface area contributed by atoms with Crippen molar-refractivity contribution >= 4 is 27.2 Å². The fraction of sp³-hybridized carbons (Fsp3) is 0.269. The molecule has 6 heteroatoms. The van der Waals surface area contributed by atoms with Gasteiger partial charge in [0.05, 0.1) is 22.5 Å². The third-order valence-corrected chi connectivity index (χ3v) is 6.98. The second-order valence-corrected chi connectivity index (χ2v) is 9.02. The highest BCUT2D eigenvalue weighted by Crippen LogP contribution is 2.33. The molecule has 0 amide bonds. The van der Waals surface area contributed by atoms with Gasteiger partial charge in [0.15, 0.2) is 0 Å². The van der Waals surface area contributed by atoms with E-state index in [9.17, 15) is 5.11 Å². The summed E-state index contributed by atoms with van der Waals surface area (Å²) in [5.74, 6) is 1.30. The highest BCUT2D eigenvalue weighted by atomic mass is 32.1. The second-order valence-electron chi connectivity index (χ2n) is 7.99. The highest BCUT2D eigenvalue weighted by molar-refractivity contribution is 7.21. The van der Waals surface area contributed by atoms with Crippen LogP contribution in [0.4, 0.5) is 5.69 Å².